The van der Waals surface area contributed by atoms with E-state index in [1.54, 1.807) is 18.2 Å². The monoisotopic (exact) mass is 289 g/mol. The zero-order chi connectivity index (χ0) is 13.3. The summed E-state index contributed by atoms with van der Waals surface area (Å²) in [6.07, 6.45) is 0.0428. The number of benzene rings is 1. The fourth-order valence-electron chi connectivity index (χ4n) is 2.03. The van der Waals surface area contributed by atoms with Gasteiger partial charge >= 0.3 is 0 Å². The maximum atomic E-state index is 12.4. The average molecular weight is 290 g/mol. The summed E-state index contributed by atoms with van der Waals surface area (Å²) in [5.74, 6) is 0.127. The van der Waals surface area contributed by atoms with Crippen LogP contribution in [-0.4, -0.2) is 37.0 Å². The summed E-state index contributed by atoms with van der Waals surface area (Å²) in [6.45, 7) is 2.48. The first-order valence-corrected chi connectivity index (χ1v) is 7.67. The second kappa shape index (κ2) is 5.17. The topological polar surface area (TPSA) is 57.6 Å². The zero-order valence-electron chi connectivity index (χ0n) is 10.1. The van der Waals surface area contributed by atoms with Crippen LogP contribution in [0.5, 0.6) is 0 Å². The molecule has 1 N–H and O–H groups in total. The number of aliphatic hydroxyl groups excluding tert-OH is 1. The van der Waals surface area contributed by atoms with Crippen LogP contribution in [0.1, 0.15) is 13.3 Å². The van der Waals surface area contributed by atoms with Crippen molar-refractivity contribution in [2.45, 2.75) is 24.3 Å². The van der Waals surface area contributed by atoms with E-state index < -0.39 is 16.1 Å². The van der Waals surface area contributed by atoms with Gasteiger partial charge in [0.2, 0.25) is 10.0 Å². The van der Waals surface area contributed by atoms with Crippen LogP contribution >= 0.6 is 11.6 Å². The molecule has 1 fully saturated rings. The molecule has 1 aliphatic rings. The van der Waals surface area contributed by atoms with Crippen LogP contribution in [0.15, 0.2) is 29.2 Å². The van der Waals surface area contributed by atoms with Crippen LogP contribution in [-0.2, 0) is 10.0 Å². The lowest BCUT2D eigenvalue weighted by Crippen LogP contribution is -2.45. The molecule has 1 saturated heterocycles. The molecule has 1 aromatic rings. The Morgan fingerprint density at radius 1 is 1.39 bits per heavy atom. The van der Waals surface area contributed by atoms with E-state index in [1.807, 2.05) is 6.92 Å². The molecule has 0 saturated carbocycles. The highest BCUT2D eigenvalue weighted by molar-refractivity contribution is 7.89. The second-order valence-corrected chi connectivity index (χ2v) is 6.94. The van der Waals surface area contributed by atoms with E-state index in [0.717, 1.165) is 0 Å². The van der Waals surface area contributed by atoms with Crippen LogP contribution in [0.25, 0.3) is 0 Å². The number of hydrogen-bond donors (Lipinski definition) is 1. The van der Waals surface area contributed by atoms with E-state index in [9.17, 15) is 13.5 Å². The van der Waals surface area contributed by atoms with Crippen molar-refractivity contribution in [1.82, 2.24) is 4.31 Å². The third kappa shape index (κ3) is 2.54. The van der Waals surface area contributed by atoms with Crippen LogP contribution in [0.3, 0.4) is 0 Å². The van der Waals surface area contributed by atoms with E-state index in [4.69, 9.17) is 11.6 Å². The van der Waals surface area contributed by atoms with Gasteiger partial charge < -0.3 is 5.11 Å². The van der Waals surface area contributed by atoms with Crippen molar-refractivity contribution in [3.8, 4) is 0 Å². The van der Waals surface area contributed by atoms with Gasteiger partial charge in [-0.15, -0.1) is 0 Å². The predicted octanol–water partition coefficient (Wildman–Crippen LogP) is 1.73. The summed E-state index contributed by atoms with van der Waals surface area (Å²) < 4.78 is 26.1. The van der Waals surface area contributed by atoms with Crippen LogP contribution in [0, 0.1) is 5.92 Å². The molecular weight excluding hydrogens is 274 g/mol. The highest BCUT2D eigenvalue weighted by atomic mass is 35.5. The van der Waals surface area contributed by atoms with Gasteiger partial charge in [-0.3, -0.25) is 0 Å². The number of nitrogens with zero attached hydrogens (tertiary/aromatic N) is 1. The third-order valence-electron chi connectivity index (χ3n) is 3.34. The van der Waals surface area contributed by atoms with E-state index in [1.165, 1.54) is 10.4 Å². The molecule has 6 heteroatoms. The number of sulfonamides is 1. The third-order valence-corrected chi connectivity index (χ3v) is 5.70. The Bertz CT molecular complexity index is 532. The minimum atomic E-state index is -3.61. The number of halogens is 1. The lowest BCUT2D eigenvalue weighted by Gasteiger charge is -2.33. The largest absolute Gasteiger partial charge is 0.391 e. The Morgan fingerprint density at radius 2 is 2.06 bits per heavy atom. The fourth-order valence-corrected chi connectivity index (χ4v) is 4.00. The van der Waals surface area contributed by atoms with Gasteiger partial charge in [0.15, 0.2) is 0 Å². The van der Waals surface area contributed by atoms with E-state index in [-0.39, 0.29) is 22.4 Å². The Labute approximate surface area is 112 Å². The zero-order valence-corrected chi connectivity index (χ0v) is 11.7. The first-order chi connectivity index (χ1) is 8.43. The number of aliphatic hydroxyl groups is 1. The SMILES string of the molecule is CC1CCN(S(=O)(=O)c2ccccc2Cl)CC1O. The molecule has 2 unspecified atom stereocenters. The first-order valence-electron chi connectivity index (χ1n) is 5.85. The van der Waals surface area contributed by atoms with Crippen molar-refractivity contribution in [3.63, 3.8) is 0 Å². The molecule has 0 spiro atoms. The molecule has 4 nitrogen and oxygen atoms in total. The number of rotatable bonds is 2. The summed E-state index contributed by atoms with van der Waals surface area (Å²) in [5, 5.41) is 10.0. The highest BCUT2D eigenvalue weighted by Crippen LogP contribution is 2.27. The van der Waals surface area contributed by atoms with Gasteiger partial charge in [-0.25, -0.2) is 8.42 Å². The first kappa shape index (κ1) is 13.8. The Morgan fingerprint density at radius 3 is 2.67 bits per heavy atom. The number of β-amino-alcohol motifs (C(OH)–C–C–N with tert-alkyl or cyclic N) is 1. The summed E-state index contributed by atoms with van der Waals surface area (Å²) >= 11 is 5.92. The molecule has 0 bridgehead atoms. The normalized spacial score (nSPS) is 26.2. The van der Waals surface area contributed by atoms with Crippen molar-refractivity contribution < 1.29 is 13.5 Å². The van der Waals surface area contributed by atoms with E-state index in [0.29, 0.717) is 13.0 Å². The lowest BCUT2D eigenvalue weighted by atomic mass is 9.98. The van der Waals surface area contributed by atoms with Crippen LogP contribution in [0.4, 0.5) is 0 Å². The molecule has 0 amide bonds. The van der Waals surface area contributed by atoms with Crippen LogP contribution in [0.2, 0.25) is 5.02 Å². The van der Waals surface area contributed by atoms with Gasteiger partial charge in [0, 0.05) is 13.1 Å². The Kier molecular flexibility index (Phi) is 3.96. The van der Waals surface area contributed by atoms with Crippen molar-refractivity contribution in [3.05, 3.63) is 29.3 Å². The smallest absolute Gasteiger partial charge is 0.244 e. The summed E-state index contributed by atoms with van der Waals surface area (Å²) in [7, 11) is -3.61. The second-order valence-electron chi connectivity index (χ2n) is 4.63. The molecule has 1 aromatic carbocycles. The maximum Gasteiger partial charge on any atom is 0.244 e. The van der Waals surface area contributed by atoms with Crippen molar-refractivity contribution >= 4 is 21.6 Å². The molecule has 0 radical (unpaired) electrons. The van der Waals surface area contributed by atoms with Crippen molar-refractivity contribution in [2.24, 2.45) is 5.92 Å². The van der Waals surface area contributed by atoms with Gasteiger partial charge in [0.05, 0.1) is 11.1 Å². The molecule has 1 aliphatic heterocycles. The average Bonchev–Trinajstić information content (AvgIpc) is 2.33. The van der Waals surface area contributed by atoms with Gasteiger partial charge in [0.1, 0.15) is 4.90 Å². The van der Waals surface area contributed by atoms with E-state index >= 15 is 0 Å². The number of hydrogen-bond acceptors (Lipinski definition) is 3. The van der Waals surface area contributed by atoms with Crippen LogP contribution < -0.4 is 0 Å². The standard InChI is InChI=1S/C12H16ClNO3S/c1-9-6-7-14(8-11(9)15)18(16,17)12-5-3-2-4-10(12)13/h2-5,9,11,15H,6-8H2,1H3. The predicted molar refractivity (Wildman–Crippen MR) is 70.0 cm³/mol. The fraction of sp³-hybridized carbons (Fsp3) is 0.500. The molecule has 2 atom stereocenters. The summed E-state index contributed by atoms with van der Waals surface area (Å²) in [5.41, 5.74) is 0. The van der Waals surface area contributed by atoms with Gasteiger partial charge in [-0.1, -0.05) is 30.7 Å². The van der Waals surface area contributed by atoms with Crippen molar-refractivity contribution in [1.29, 1.82) is 0 Å². The summed E-state index contributed by atoms with van der Waals surface area (Å²) in [6, 6.07) is 6.37. The Balaban J connectivity index is 2.30. The van der Waals surface area contributed by atoms with Gasteiger partial charge in [0.25, 0.3) is 0 Å². The van der Waals surface area contributed by atoms with Gasteiger partial charge in [-0.2, -0.15) is 4.31 Å². The Hall–Kier alpha value is -0.620. The highest BCUT2D eigenvalue weighted by Gasteiger charge is 2.33. The quantitative estimate of drug-likeness (QED) is 0.902. The lowest BCUT2D eigenvalue weighted by molar-refractivity contribution is 0.0605. The van der Waals surface area contributed by atoms with E-state index in [2.05, 4.69) is 0 Å². The summed E-state index contributed by atoms with van der Waals surface area (Å²) in [4.78, 5) is 0.105. The molecule has 100 valence electrons. The molecule has 1 heterocycles. The van der Waals surface area contributed by atoms with Crippen molar-refractivity contribution in [2.75, 3.05) is 13.1 Å². The maximum absolute atomic E-state index is 12.4. The minimum Gasteiger partial charge on any atom is -0.391 e. The molecular formula is C12H16ClNO3S. The molecule has 2 rings (SSSR count). The number of piperidine rings is 1. The van der Waals surface area contributed by atoms with Gasteiger partial charge in [-0.05, 0) is 24.5 Å². The molecule has 18 heavy (non-hydrogen) atoms. The molecule has 0 aliphatic carbocycles. The molecule has 0 aromatic heterocycles. The minimum absolute atomic E-state index is 0.105.